The molecule has 0 spiro atoms. The highest BCUT2D eigenvalue weighted by atomic mass is 16.5. The van der Waals surface area contributed by atoms with Crippen LogP contribution in [0.3, 0.4) is 0 Å². The third-order valence-electron chi connectivity index (χ3n) is 6.84. The maximum absolute atomic E-state index is 13.2. The van der Waals surface area contributed by atoms with E-state index in [0.29, 0.717) is 36.6 Å². The van der Waals surface area contributed by atoms with Crippen LogP contribution in [0.4, 0.5) is 0 Å². The van der Waals surface area contributed by atoms with Crippen molar-refractivity contribution in [3.05, 3.63) is 53.6 Å². The largest absolute Gasteiger partial charge is 0.493 e. The predicted octanol–water partition coefficient (Wildman–Crippen LogP) is 1.93. The number of benzene rings is 2. The summed E-state index contributed by atoms with van der Waals surface area (Å²) in [6, 6.07) is 10.3. The Morgan fingerprint density at radius 2 is 1.80 bits per heavy atom. The first-order chi connectivity index (χ1) is 19.6. The number of ether oxygens (including phenoxy) is 3. The van der Waals surface area contributed by atoms with Gasteiger partial charge in [-0.15, -0.1) is 0 Å². The van der Waals surface area contributed by atoms with Gasteiger partial charge in [-0.3, -0.25) is 19.2 Å². The lowest BCUT2D eigenvalue weighted by molar-refractivity contribution is -0.137. The maximum Gasteiger partial charge on any atom is 0.255 e. The third kappa shape index (κ3) is 8.60. The van der Waals surface area contributed by atoms with E-state index in [1.165, 1.54) is 4.90 Å². The van der Waals surface area contributed by atoms with Crippen LogP contribution in [-0.4, -0.2) is 81.6 Å². The average Bonchev–Trinajstić information content (AvgIpc) is 2.96. The summed E-state index contributed by atoms with van der Waals surface area (Å²) in [6.45, 7) is 4.39. The van der Waals surface area contributed by atoms with Crippen LogP contribution in [0.15, 0.2) is 42.5 Å². The number of rotatable bonds is 8. The Morgan fingerprint density at radius 3 is 2.51 bits per heavy atom. The quantitative estimate of drug-likeness (QED) is 0.414. The maximum atomic E-state index is 13.2. The van der Waals surface area contributed by atoms with Crippen LogP contribution in [0, 0.1) is 5.92 Å². The fraction of sp³-hybridized carbons (Fsp3) is 0.467. The molecule has 11 nitrogen and oxygen atoms in total. The van der Waals surface area contributed by atoms with Crippen LogP contribution < -0.4 is 30.2 Å². The van der Waals surface area contributed by atoms with Gasteiger partial charge in [0, 0.05) is 13.6 Å². The molecule has 2 aromatic carbocycles. The normalized spacial score (nSPS) is 18.4. The van der Waals surface area contributed by atoms with E-state index in [0.717, 1.165) is 5.56 Å². The van der Waals surface area contributed by atoms with E-state index in [2.05, 4.69) is 16.0 Å². The number of carbonyl (C=O) groups excluding carboxylic acids is 4. The molecule has 0 bridgehead atoms. The first-order valence-electron chi connectivity index (χ1n) is 13.7. The number of fused-ring (bicyclic) bond motifs is 1. The summed E-state index contributed by atoms with van der Waals surface area (Å²) < 4.78 is 16.4. The molecule has 0 saturated carbocycles. The van der Waals surface area contributed by atoms with E-state index >= 15 is 0 Å². The molecule has 3 N–H and O–H groups in total. The number of aryl methyl sites for hydroxylation is 1. The summed E-state index contributed by atoms with van der Waals surface area (Å²) in [5.74, 6) is -0.441. The molecule has 2 aromatic rings. The van der Waals surface area contributed by atoms with Crippen molar-refractivity contribution in [2.45, 2.75) is 45.2 Å². The van der Waals surface area contributed by atoms with E-state index in [-0.39, 0.29) is 37.0 Å². The van der Waals surface area contributed by atoms with Gasteiger partial charge in [-0.1, -0.05) is 32.0 Å². The summed E-state index contributed by atoms with van der Waals surface area (Å²) in [4.78, 5) is 54.1. The van der Waals surface area contributed by atoms with Crippen LogP contribution in [0.1, 0.15) is 42.6 Å². The molecule has 1 aliphatic heterocycles. The topological polar surface area (TPSA) is 135 Å². The van der Waals surface area contributed by atoms with Gasteiger partial charge in [0.2, 0.25) is 17.7 Å². The first kappa shape index (κ1) is 31.3. The Labute approximate surface area is 240 Å². The molecule has 0 radical (unpaired) electrons. The molecule has 0 unspecified atom stereocenters. The van der Waals surface area contributed by atoms with Gasteiger partial charge in [-0.2, -0.15) is 0 Å². The highest BCUT2D eigenvalue weighted by Crippen LogP contribution is 2.28. The molecule has 0 saturated heterocycles. The van der Waals surface area contributed by atoms with E-state index in [9.17, 15) is 19.2 Å². The van der Waals surface area contributed by atoms with Crippen LogP contribution in [0.5, 0.6) is 17.2 Å². The monoisotopic (exact) mass is 568 g/mol. The van der Waals surface area contributed by atoms with Gasteiger partial charge < -0.3 is 35.1 Å². The lowest BCUT2D eigenvalue weighted by Gasteiger charge is -2.28. The fourth-order valence-electron chi connectivity index (χ4n) is 4.46. The second kappa shape index (κ2) is 14.9. The Balaban J connectivity index is 1.74. The van der Waals surface area contributed by atoms with Gasteiger partial charge in [0.05, 0.1) is 32.7 Å². The summed E-state index contributed by atoms with van der Waals surface area (Å²) in [5.41, 5.74) is 1.23. The van der Waals surface area contributed by atoms with Crippen LogP contribution in [0.25, 0.3) is 0 Å². The van der Waals surface area contributed by atoms with Crippen molar-refractivity contribution in [3.8, 4) is 17.2 Å². The summed E-state index contributed by atoms with van der Waals surface area (Å²) in [6.07, 6.45) is 0.937. The number of carbonyl (C=O) groups is 4. The van der Waals surface area contributed by atoms with E-state index < -0.39 is 29.8 Å². The van der Waals surface area contributed by atoms with Crippen molar-refractivity contribution >= 4 is 23.6 Å². The van der Waals surface area contributed by atoms with Gasteiger partial charge in [0.25, 0.3) is 5.91 Å². The smallest absolute Gasteiger partial charge is 0.255 e. The van der Waals surface area contributed by atoms with Crippen molar-refractivity contribution in [2.75, 3.05) is 41.0 Å². The van der Waals surface area contributed by atoms with Crippen LogP contribution >= 0.6 is 0 Å². The zero-order chi connectivity index (χ0) is 29.9. The molecule has 1 heterocycles. The zero-order valence-corrected chi connectivity index (χ0v) is 24.3. The molecule has 0 fully saturated rings. The Morgan fingerprint density at radius 1 is 1.07 bits per heavy atom. The number of likely N-dealkylation sites (N-methyl/N-ethyl adjacent to an activating group) is 1. The molecule has 2 atom stereocenters. The molecule has 4 amide bonds. The second-order valence-corrected chi connectivity index (χ2v) is 10.2. The minimum atomic E-state index is -1.17. The standard InChI is InChI=1S/C30H40N4O7/c1-19(2)27-30(38)34(3)15-16-41-23-11-7-6-10-21(23)28(36)32-22(18-26(35)33-27)29(37)31-14-8-9-20-12-13-24(39-4)25(17-20)40-5/h6-7,10-13,17,19,22,27H,8-9,14-16,18H2,1-5H3,(H,31,37)(H,32,36)(H,33,35)/t22-,27+/m0/s1. The van der Waals surface area contributed by atoms with Crippen molar-refractivity contribution in [2.24, 2.45) is 5.92 Å². The van der Waals surface area contributed by atoms with Gasteiger partial charge in [-0.05, 0) is 48.6 Å². The number of methoxy groups -OCH3 is 2. The molecular formula is C30H40N4O7. The lowest BCUT2D eigenvalue weighted by Crippen LogP contribution is -2.54. The Kier molecular flexibility index (Phi) is 11.4. The highest BCUT2D eigenvalue weighted by molar-refractivity contribution is 6.01. The van der Waals surface area contributed by atoms with Gasteiger partial charge in [0.15, 0.2) is 11.5 Å². The Hall–Kier alpha value is -4.28. The van der Waals surface area contributed by atoms with E-state index in [1.54, 1.807) is 45.5 Å². The molecule has 222 valence electrons. The Bertz CT molecular complexity index is 1230. The molecule has 0 aliphatic carbocycles. The average molecular weight is 569 g/mol. The summed E-state index contributed by atoms with van der Waals surface area (Å²) in [7, 11) is 4.78. The molecule has 0 aromatic heterocycles. The number of hydrogen-bond donors (Lipinski definition) is 3. The van der Waals surface area contributed by atoms with Gasteiger partial charge in [-0.25, -0.2) is 0 Å². The van der Waals surface area contributed by atoms with E-state index in [1.807, 2.05) is 32.0 Å². The lowest BCUT2D eigenvalue weighted by atomic mass is 10.0. The van der Waals surface area contributed by atoms with Crippen LogP contribution in [0.2, 0.25) is 0 Å². The SMILES string of the molecule is COc1ccc(CCCNC(=O)[C@@H]2CC(=O)N[C@H](C(C)C)C(=O)N(C)CCOc3ccccc3C(=O)N2)cc1OC. The second-order valence-electron chi connectivity index (χ2n) is 10.2. The molecule has 41 heavy (non-hydrogen) atoms. The van der Waals surface area contributed by atoms with Crippen LogP contribution in [-0.2, 0) is 20.8 Å². The van der Waals surface area contributed by atoms with Gasteiger partial charge >= 0.3 is 0 Å². The number of hydrogen-bond acceptors (Lipinski definition) is 7. The summed E-state index contributed by atoms with van der Waals surface area (Å²) in [5, 5.41) is 8.27. The predicted molar refractivity (Wildman–Crippen MR) is 153 cm³/mol. The molecular weight excluding hydrogens is 528 g/mol. The van der Waals surface area contributed by atoms with E-state index in [4.69, 9.17) is 14.2 Å². The van der Waals surface area contributed by atoms with Crippen molar-refractivity contribution < 1.29 is 33.4 Å². The number of nitrogens with zero attached hydrogens (tertiary/aromatic N) is 1. The minimum Gasteiger partial charge on any atom is -0.493 e. The number of nitrogens with one attached hydrogen (secondary N) is 3. The van der Waals surface area contributed by atoms with Crippen molar-refractivity contribution in [1.82, 2.24) is 20.9 Å². The molecule has 11 heteroatoms. The van der Waals surface area contributed by atoms with Gasteiger partial charge in [0.1, 0.15) is 24.4 Å². The zero-order valence-electron chi connectivity index (χ0n) is 24.3. The fourth-order valence-corrected chi connectivity index (χ4v) is 4.46. The number of amides is 4. The number of para-hydroxylation sites is 1. The summed E-state index contributed by atoms with van der Waals surface area (Å²) >= 11 is 0. The third-order valence-corrected chi connectivity index (χ3v) is 6.84. The highest BCUT2D eigenvalue weighted by Gasteiger charge is 2.31. The molecule has 3 rings (SSSR count). The minimum absolute atomic E-state index is 0.148. The molecule has 1 aliphatic rings. The van der Waals surface area contributed by atoms with Crippen molar-refractivity contribution in [1.29, 1.82) is 0 Å². The van der Waals surface area contributed by atoms with Crippen molar-refractivity contribution in [3.63, 3.8) is 0 Å². The first-order valence-corrected chi connectivity index (χ1v) is 13.7.